The van der Waals surface area contributed by atoms with Crippen molar-refractivity contribution in [3.63, 3.8) is 0 Å². The summed E-state index contributed by atoms with van der Waals surface area (Å²) in [4.78, 5) is 10.8. The van der Waals surface area contributed by atoms with E-state index in [1.54, 1.807) is 0 Å². The highest BCUT2D eigenvalue weighted by Gasteiger charge is 2.15. The Hall–Kier alpha value is -1.03. The van der Waals surface area contributed by atoms with E-state index >= 15 is 0 Å². The van der Waals surface area contributed by atoms with Gasteiger partial charge in [0.05, 0.1) is 0 Å². The normalized spacial score (nSPS) is 14.1. The van der Waals surface area contributed by atoms with Crippen LogP contribution in [0, 0.1) is 23.2 Å². The summed E-state index contributed by atoms with van der Waals surface area (Å²) in [5.74, 6) is 6.05. The minimum Gasteiger partial charge on any atom is -0.285 e. The molecule has 0 aliphatic heterocycles. The summed E-state index contributed by atoms with van der Waals surface area (Å²) in [5, 5.41) is 0. The summed E-state index contributed by atoms with van der Waals surface area (Å²) in [5.41, 5.74) is 1.08. The first-order chi connectivity index (χ1) is 6.77. The van der Waals surface area contributed by atoms with E-state index in [1.165, 1.54) is 6.92 Å². The van der Waals surface area contributed by atoms with Crippen molar-refractivity contribution in [2.24, 2.45) is 11.3 Å². The van der Waals surface area contributed by atoms with Crippen molar-refractivity contribution < 1.29 is 4.79 Å². The molecule has 0 bridgehead atoms. The van der Waals surface area contributed by atoms with E-state index in [1.807, 2.05) is 0 Å². The van der Waals surface area contributed by atoms with Crippen LogP contribution in [0.4, 0.5) is 0 Å². The molecule has 0 saturated carbocycles. The summed E-state index contributed by atoms with van der Waals surface area (Å²) >= 11 is 0. The minimum atomic E-state index is -0.0747. The summed E-state index contributed by atoms with van der Waals surface area (Å²) in [6, 6.07) is 0. The number of hydrogen-bond donors (Lipinski definition) is 0. The van der Waals surface area contributed by atoms with Crippen molar-refractivity contribution in [3.05, 3.63) is 11.6 Å². The smallest absolute Gasteiger partial charge is 0.202 e. The van der Waals surface area contributed by atoms with Crippen LogP contribution >= 0.6 is 0 Å². The van der Waals surface area contributed by atoms with Gasteiger partial charge >= 0.3 is 0 Å². The second-order valence-corrected chi connectivity index (χ2v) is 5.02. The highest BCUT2D eigenvalue weighted by atomic mass is 16.1. The molecular formula is C14H22O. The van der Waals surface area contributed by atoms with Crippen molar-refractivity contribution in [1.82, 2.24) is 0 Å². The third-order valence-electron chi connectivity index (χ3n) is 2.28. The number of carbonyl (C=O) groups excluding carboxylic acids is 1. The third kappa shape index (κ3) is 6.12. The molecule has 0 radical (unpaired) electrons. The van der Waals surface area contributed by atoms with Gasteiger partial charge in [0.15, 0.2) is 0 Å². The summed E-state index contributed by atoms with van der Waals surface area (Å²) < 4.78 is 0. The van der Waals surface area contributed by atoms with Crippen molar-refractivity contribution in [2.45, 2.75) is 48.0 Å². The molecule has 0 fully saturated rings. The second kappa shape index (κ2) is 5.75. The fraction of sp³-hybridized carbons (Fsp3) is 0.643. The molecule has 1 nitrogen and oxygen atoms in total. The lowest BCUT2D eigenvalue weighted by Crippen LogP contribution is -2.09. The molecule has 0 aromatic carbocycles. The van der Waals surface area contributed by atoms with Crippen LogP contribution < -0.4 is 0 Å². The van der Waals surface area contributed by atoms with Crippen molar-refractivity contribution in [3.8, 4) is 11.8 Å². The lowest BCUT2D eigenvalue weighted by molar-refractivity contribution is -0.111. The first-order valence-electron chi connectivity index (χ1n) is 5.52. The Labute approximate surface area is 94.0 Å². The number of hydrogen-bond acceptors (Lipinski definition) is 1. The molecule has 84 valence electrons. The summed E-state index contributed by atoms with van der Waals surface area (Å²) in [7, 11) is 0. The van der Waals surface area contributed by atoms with Crippen molar-refractivity contribution in [1.29, 1.82) is 0 Å². The van der Waals surface area contributed by atoms with Gasteiger partial charge in [-0.15, -0.1) is 0 Å². The fourth-order valence-corrected chi connectivity index (χ4v) is 1.04. The zero-order valence-electron chi connectivity index (χ0n) is 10.8. The third-order valence-corrected chi connectivity index (χ3v) is 2.28. The molecule has 0 spiro atoms. The van der Waals surface area contributed by atoms with Gasteiger partial charge in [-0.1, -0.05) is 53.0 Å². The molecule has 0 rings (SSSR count). The minimum absolute atomic E-state index is 0.0197. The van der Waals surface area contributed by atoms with Crippen molar-refractivity contribution >= 4 is 5.78 Å². The van der Waals surface area contributed by atoms with Crippen LogP contribution in [0.25, 0.3) is 0 Å². The first-order valence-corrected chi connectivity index (χ1v) is 5.52. The Kier molecular flexibility index (Phi) is 5.36. The number of allylic oxidation sites excluding steroid dienone is 2. The predicted molar refractivity (Wildman–Crippen MR) is 65.5 cm³/mol. The van der Waals surface area contributed by atoms with Gasteiger partial charge in [-0.25, -0.2) is 0 Å². The molecule has 0 aliphatic rings. The molecule has 0 N–H and O–H groups in total. The molecule has 1 unspecified atom stereocenters. The molecule has 0 aromatic rings. The molecule has 0 saturated heterocycles. The fourth-order valence-electron chi connectivity index (χ4n) is 1.04. The van der Waals surface area contributed by atoms with E-state index in [0.717, 1.165) is 12.0 Å². The molecule has 1 atom stereocenters. The maximum atomic E-state index is 10.8. The van der Waals surface area contributed by atoms with E-state index in [4.69, 9.17) is 0 Å². The molecule has 15 heavy (non-hydrogen) atoms. The first kappa shape index (κ1) is 14.0. The number of rotatable bonds is 2. The van der Waals surface area contributed by atoms with Crippen LogP contribution in [0.5, 0.6) is 0 Å². The average molecular weight is 206 g/mol. The summed E-state index contributed by atoms with van der Waals surface area (Å²) in [6.07, 6.45) is 3.28. The van der Waals surface area contributed by atoms with Crippen LogP contribution in [0.3, 0.4) is 0 Å². The lowest BCUT2D eigenvalue weighted by atomic mass is 9.84. The van der Waals surface area contributed by atoms with Gasteiger partial charge in [0.2, 0.25) is 5.78 Å². The van der Waals surface area contributed by atoms with Gasteiger partial charge in [0, 0.05) is 12.5 Å². The molecule has 0 aliphatic carbocycles. The lowest BCUT2D eigenvalue weighted by Gasteiger charge is -2.19. The van der Waals surface area contributed by atoms with E-state index in [0.29, 0.717) is 5.92 Å². The molecular weight excluding hydrogens is 184 g/mol. The average Bonchev–Trinajstić information content (AvgIpc) is 2.09. The molecule has 0 aromatic heterocycles. The van der Waals surface area contributed by atoms with Gasteiger partial charge in [0.1, 0.15) is 0 Å². The van der Waals surface area contributed by atoms with E-state index in [2.05, 4.69) is 52.5 Å². The number of ketones is 1. The monoisotopic (exact) mass is 206 g/mol. The Morgan fingerprint density at radius 1 is 1.33 bits per heavy atom. The Morgan fingerprint density at radius 2 is 1.87 bits per heavy atom. The quantitative estimate of drug-likeness (QED) is 0.498. The van der Waals surface area contributed by atoms with E-state index in [-0.39, 0.29) is 11.2 Å². The Bertz CT molecular complexity index is 304. The van der Waals surface area contributed by atoms with Crippen LogP contribution in [-0.2, 0) is 4.79 Å². The van der Waals surface area contributed by atoms with Crippen LogP contribution in [0.1, 0.15) is 48.0 Å². The maximum Gasteiger partial charge on any atom is 0.202 e. The van der Waals surface area contributed by atoms with Crippen molar-refractivity contribution in [2.75, 3.05) is 0 Å². The van der Waals surface area contributed by atoms with Gasteiger partial charge < -0.3 is 0 Å². The van der Waals surface area contributed by atoms with Gasteiger partial charge in [0.25, 0.3) is 0 Å². The topological polar surface area (TPSA) is 17.1 Å². The predicted octanol–water partition coefficient (Wildman–Crippen LogP) is 3.60. The van der Waals surface area contributed by atoms with Gasteiger partial charge in [-0.05, 0) is 17.3 Å². The highest BCUT2D eigenvalue weighted by molar-refractivity contribution is 5.93. The molecule has 0 heterocycles. The van der Waals surface area contributed by atoms with Crippen LogP contribution in [0.15, 0.2) is 11.6 Å². The maximum absolute atomic E-state index is 10.8. The zero-order valence-corrected chi connectivity index (χ0v) is 10.8. The van der Waals surface area contributed by atoms with Crippen LogP contribution in [-0.4, -0.2) is 5.78 Å². The molecule has 0 amide bonds. The zero-order chi connectivity index (χ0) is 12.1. The summed E-state index contributed by atoms with van der Waals surface area (Å²) in [6.45, 7) is 12.2. The number of carbonyl (C=O) groups is 1. The standard InChI is InChI=1S/C14H22O/c1-7-11(2)10-13(14(4,5)6)9-8-12(3)15/h10-11H,7H2,1-6H3/b13-10+. The van der Waals surface area contributed by atoms with Crippen LogP contribution in [0.2, 0.25) is 0 Å². The second-order valence-electron chi connectivity index (χ2n) is 5.02. The number of Topliss-reactive ketones (excluding diaryl/α,β-unsaturated/α-hetero) is 1. The van der Waals surface area contributed by atoms with E-state index in [9.17, 15) is 4.79 Å². The Balaban J connectivity index is 5.02. The van der Waals surface area contributed by atoms with E-state index < -0.39 is 0 Å². The van der Waals surface area contributed by atoms with Gasteiger partial charge in [-0.2, -0.15) is 0 Å². The van der Waals surface area contributed by atoms with Gasteiger partial charge in [-0.3, -0.25) is 4.79 Å². The Morgan fingerprint density at radius 3 is 2.20 bits per heavy atom. The largest absolute Gasteiger partial charge is 0.285 e. The SMILES string of the molecule is CCC(C)/C=C(\C#CC(C)=O)C(C)(C)C. The molecule has 1 heteroatoms. The highest BCUT2D eigenvalue weighted by Crippen LogP contribution is 2.26.